The average Bonchev–Trinajstić information content (AvgIpc) is 2.77. The zero-order valence-electron chi connectivity index (χ0n) is 18.9. The topological polar surface area (TPSA) is 55.4 Å². The normalized spacial score (nSPS) is 19.5. The first-order valence-corrected chi connectivity index (χ1v) is 11.5. The molecule has 0 atom stereocenters. The maximum absolute atomic E-state index is 6.68. The van der Waals surface area contributed by atoms with Crippen molar-refractivity contribution >= 4 is 0 Å². The van der Waals surface area contributed by atoms with E-state index >= 15 is 0 Å². The summed E-state index contributed by atoms with van der Waals surface area (Å²) in [5, 5.41) is 0. The summed E-state index contributed by atoms with van der Waals surface area (Å²) < 4.78 is 35.4. The molecule has 0 N–H and O–H groups in total. The molecule has 6 nitrogen and oxygen atoms in total. The van der Waals surface area contributed by atoms with Gasteiger partial charge < -0.3 is 28.4 Å². The second kappa shape index (κ2) is 15.5. The molecule has 0 unspecified atom stereocenters. The van der Waals surface area contributed by atoms with Crippen LogP contribution < -0.4 is 9.47 Å². The number of rotatable bonds is 6. The number of benzene rings is 1. The van der Waals surface area contributed by atoms with E-state index in [-0.39, 0.29) is 5.60 Å². The molecule has 0 spiro atoms. The van der Waals surface area contributed by atoms with Gasteiger partial charge in [-0.15, -0.1) is 0 Å². The molecule has 0 saturated carbocycles. The molecule has 0 fully saturated rings. The largest absolute Gasteiger partial charge is 0.487 e. The molecule has 1 aromatic carbocycles. The molecule has 1 aromatic rings. The van der Waals surface area contributed by atoms with E-state index in [9.17, 15) is 0 Å². The van der Waals surface area contributed by atoms with Crippen LogP contribution >= 0.6 is 0 Å². The summed E-state index contributed by atoms with van der Waals surface area (Å²) in [6.45, 7) is 9.27. The molecule has 172 valence electrons. The van der Waals surface area contributed by atoms with Gasteiger partial charge in [-0.2, -0.15) is 0 Å². The van der Waals surface area contributed by atoms with Gasteiger partial charge in [0.2, 0.25) is 0 Å². The van der Waals surface area contributed by atoms with Gasteiger partial charge in [-0.1, -0.05) is 38.8 Å². The van der Waals surface area contributed by atoms with Gasteiger partial charge in [0, 0.05) is 0 Å². The Morgan fingerprint density at radius 1 is 0.667 bits per heavy atom. The van der Waals surface area contributed by atoms with Crippen LogP contribution in [0.25, 0.3) is 0 Å². The summed E-state index contributed by atoms with van der Waals surface area (Å²) in [5.74, 6) is 1.52. The Morgan fingerprint density at radius 2 is 1.17 bits per heavy atom. The third-order valence-electron chi connectivity index (χ3n) is 5.11. The Hall–Kier alpha value is -1.34. The monoisotopic (exact) mass is 424 g/mol. The van der Waals surface area contributed by atoms with E-state index in [1.165, 1.54) is 0 Å². The Labute approximate surface area is 182 Å². The van der Waals surface area contributed by atoms with Crippen LogP contribution in [0.2, 0.25) is 0 Å². The lowest BCUT2D eigenvalue weighted by molar-refractivity contribution is -0.0597. The number of fused-ring (bicyclic) bond motifs is 1. The van der Waals surface area contributed by atoms with Crippen molar-refractivity contribution in [2.24, 2.45) is 0 Å². The van der Waals surface area contributed by atoms with Gasteiger partial charge in [0.1, 0.15) is 12.2 Å². The maximum atomic E-state index is 6.68. The van der Waals surface area contributed by atoms with Gasteiger partial charge in [-0.05, 0) is 37.8 Å². The Morgan fingerprint density at radius 3 is 1.73 bits per heavy atom. The number of unbranched alkanes of at least 4 members (excludes halogenated alkanes) is 2. The smallest absolute Gasteiger partial charge is 0.162 e. The molecule has 0 amide bonds. The fourth-order valence-electron chi connectivity index (χ4n) is 3.41. The van der Waals surface area contributed by atoms with Crippen molar-refractivity contribution in [2.75, 3.05) is 59.5 Å². The van der Waals surface area contributed by atoms with E-state index in [2.05, 4.69) is 13.8 Å². The lowest BCUT2D eigenvalue weighted by Gasteiger charge is -2.35. The molecule has 1 heterocycles. The molecule has 0 aromatic heterocycles. The van der Waals surface area contributed by atoms with Crippen LogP contribution in [0, 0.1) is 0 Å². The standard InChI is InChI=1S/C24H40O6/c1-3-5-11-24(12-6-4-2)21-28-18-17-26-14-13-25-15-16-27-19-20-29-22-9-7-8-10-23(22)30-24/h7-10H,3-6,11-21H2,1-2H3. The molecule has 0 aliphatic carbocycles. The zero-order chi connectivity index (χ0) is 21.3. The van der Waals surface area contributed by atoms with Crippen molar-refractivity contribution < 1.29 is 28.4 Å². The van der Waals surface area contributed by atoms with Crippen molar-refractivity contribution in [1.29, 1.82) is 0 Å². The second-order valence-electron chi connectivity index (χ2n) is 7.68. The SMILES string of the molecule is CCCCC1(CCCC)COCCOCCOCCOCCOc2ccccc2O1. The van der Waals surface area contributed by atoms with Crippen LogP contribution in [0.4, 0.5) is 0 Å². The molecule has 0 saturated heterocycles. The predicted molar refractivity (Wildman–Crippen MR) is 118 cm³/mol. The highest BCUT2D eigenvalue weighted by Crippen LogP contribution is 2.35. The fraction of sp³-hybridized carbons (Fsp3) is 0.750. The van der Waals surface area contributed by atoms with Crippen molar-refractivity contribution in [3.05, 3.63) is 24.3 Å². The molecule has 6 heteroatoms. The molecule has 30 heavy (non-hydrogen) atoms. The van der Waals surface area contributed by atoms with Gasteiger partial charge >= 0.3 is 0 Å². The van der Waals surface area contributed by atoms with Gasteiger partial charge in [-0.3, -0.25) is 0 Å². The highest BCUT2D eigenvalue weighted by molar-refractivity contribution is 5.40. The highest BCUT2D eigenvalue weighted by atomic mass is 16.6. The fourth-order valence-corrected chi connectivity index (χ4v) is 3.41. The van der Waals surface area contributed by atoms with Crippen molar-refractivity contribution in [1.82, 2.24) is 0 Å². The molecule has 1 aliphatic heterocycles. The van der Waals surface area contributed by atoms with Crippen molar-refractivity contribution in [2.45, 2.75) is 58.0 Å². The van der Waals surface area contributed by atoms with E-state index < -0.39 is 0 Å². The number of para-hydroxylation sites is 2. The minimum absolute atomic E-state index is 0.365. The van der Waals surface area contributed by atoms with Gasteiger partial charge in [-0.25, -0.2) is 0 Å². The minimum Gasteiger partial charge on any atom is -0.487 e. The number of ether oxygens (including phenoxy) is 6. The maximum Gasteiger partial charge on any atom is 0.162 e. The third-order valence-corrected chi connectivity index (χ3v) is 5.11. The quantitative estimate of drug-likeness (QED) is 0.663. The Balaban J connectivity index is 2.14. The van der Waals surface area contributed by atoms with E-state index in [4.69, 9.17) is 28.4 Å². The highest BCUT2D eigenvalue weighted by Gasteiger charge is 2.33. The van der Waals surface area contributed by atoms with E-state index in [0.29, 0.717) is 59.5 Å². The third kappa shape index (κ3) is 9.65. The van der Waals surface area contributed by atoms with Gasteiger partial charge in [0.25, 0.3) is 0 Å². The molecule has 1 aliphatic rings. The van der Waals surface area contributed by atoms with Crippen molar-refractivity contribution in [3.8, 4) is 11.5 Å². The summed E-state index contributed by atoms with van der Waals surface area (Å²) in [4.78, 5) is 0. The van der Waals surface area contributed by atoms with Crippen LogP contribution in [0.1, 0.15) is 52.4 Å². The Kier molecular flexibility index (Phi) is 12.8. The first-order chi connectivity index (χ1) is 14.8. The van der Waals surface area contributed by atoms with Crippen molar-refractivity contribution in [3.63, 3.8) is 0 Å². The summed E-state index contributed by atoms with van der Waals surface area (Å²) in [6, 6.07) is 7.89. The minimum atomic E-state index is -0.365. The second-order valence-corrected chi connectivity index (χ2v) is 7.68. The van der Waals surface area contributed by atoms with Crippen LogP contribution in [0.5, 0.6) is 11.5 Å². The summed E-state index contributed by atoms with van der Waals surface area (Å²) >= 11 is 0. The molecular weight excluding hydrogens is 384 g/mol. The number of hydrogen-bond donors (Lipinski definition) is 0. The first kappa shape index (κ1) is 24.9. The number of hydrogen-bond acceptors (Lipinski definition) is 6. The van der Waals surface area contributed by atoms with Crippen LogP contribution in [-0.2, 0) is 18.9 Å². The van der Waals surface area contributed by atoms with E-state index in [1.807, 2.05) is 24.3 Å². The Bertz CT molecular complexity index is 542. The van der Waals surface area contributed by atoms with E-state index in [0.717, 1.165) is 50.0 Å². The lowest BCUT2D eigenvalue weighted by atomic mass is 9.91. The van der Waals surface area contributed by atoms with E-state index in [1.54, 1.807) is 0 Å². The van der Waals surface area contributed by atoms with Crippen LogP contribution in [0.3, 0.4) is 0 Å². The molecule has 0 radical (unpaired) electrons. The average molecular weight is 425 g/mol. The lowest BCUT2D eigenvalue weighted by Crippen LogP contribution is -2.42. The molecule has 0 bridgehead atoms. The summed E-state index contributed by atoms with van der Waals surface area (Å²) in [5.41, 5.74) is -0.365. The summed E-state index contributed by atoms with van der Waals surface area (Å²) in [7, 11) is 0. The summed E-state index contributed by atoms with van der Waals surface area (Å²) in [6.07, 6.45) is 6.34. The zero-order valence-corrected chi connectivity index (χ0v) is 18.9. The van der Waals surface area contributed by atoms with Gasteiger partial charge in [0.15, 0.2) is 11.5 Å². The molecule has 2 rings (SSSR count). The first-order valence-electron chi connectivity index (χ1n) is 11.5. The molecular formula is C24H40O6. The van der Waals surface area contributed by atoms with Crippen LogP contribution in [0.15, 0.2) is 24.3 Å². The predicted octanol–water partition coefficient (Wildman–Crippen LogP) is 4.64. The van der Waals surface area contributed by atoms with Crippen LogP contribution in [-0.4, -0.2) is 65.1 Å². The van der Waals surface area contributed by atoms with Gasteiger partial charge in [0.05, 0.1) is 52.9 Å².